The smallest absolute Gasteiger partial charge is 0.131 e. The third-order valence-corrected chi connectivity index (χ3v) is 3.10. The van der Waals surface area contributed by atoms with E-state index in [1.807, 2.05) is 0 Å². The molecular formula is C13H9Cl2N3. The van der Waals surface area contributed by atoms with Gasteiger partial charge < -0.3 is 5.73 Å². The van der Waals surface area contributed by atoms with Gasteiger partial charge in [-0.3, -0.25) is 0 Å². The van der Waals surface area contributed by atoms with Crippen LogP contribution in [0.15, 0.2) is 30.5 Å². The van der Waals surface area contributed by atoms with Gasteiger partial charge in [0.2, 0.25) is 0 Å². The minimum atomic E-state index is 0.241. The van der Waals surface area contributed by atoms with Crippen molar-refractivity contribution in [1.29, 1.82) is 5.26 Å². The zero-order chi connectivity index (χ0) is 13.1. The fraction of sp³-hybridized carbons (Fsp3) is 0.0769. The number of anilines is 1. The third kappa shape index (κ3) is 2.40. The molecule has 1 aromatic carbocycles. The number of aromatic nitrogens is 1. The number of nitriles is 1. The molecule has 5 heteroatoms. The van der Waals surface area contributed by atoms with Crippen LogP contribution in [0.5, 0.6) is 0 Å². The van der Waals surface area contributed by atoms with E-state index in [0.717, 1.165) is 5.56 Å². The molecule has 90 valence electrons. The zero-order valence-corrected chi connectivity index (χ0v) is 10.8. The molecule has 18 heavy (non-hydrogen) atoms. The molecule has 0 saturated heterocycles. The Hall–Kier alpha value is -1.76. The topological polar surface area (TPSA) is 62.7 Å². The number of halogens is 2. The second kappa shape index (κ2) is 5.26. The van der Waals surface area contributed by atoms with E-state index in [1.54, 1.807) is 30.5 Å². The molecule has 2 rings (SSSR count). The maximum atomic E-state index is 8.84. The van der Waals surface area contributed by atoms with Crippen molar-refractivity contribution in [1.82, 2.24) is 4.98 Å². The lowest BCUT2D eigenvalue weighted by atomic mass is 9.99. The maximum Gasteiger partial charge on any atom is 0.131 e. The van der Waals surface area contributed by atoms with Crippen molar-refractivity contribution in [3.63, 3.8) is 0 Å². The summed E-state index contributed by atoms with van der Waals surface area (Å²) in [4.78, 5) is 4.04. The van der Waals surface area contributed by atoms with Gasteiger partial charge >= 0.3 is 0 Å². The van der Waals surface area contributed by atoms with Crippen LogP contribution in [0.25, 0.3) is 11.1 Å². The van der Waals surface area contributed by atoms with Gasteiger partial charge in [0.15, 0.2) is 0 Å². The predicted molar refractivity (Wildman–Crippen MR) is 73.4 cm³/mol. The summed E-state index contributed by atoms with van der Waals surface area (Å²) < 4.78 is 0. The van der Waals surface area contributed by atoms with E-state index < -0.39 is 0 Å². The summed E-state index contributed by atoms with van der Waals surface area (Å²) in [5.74, 6) is 0.340. The summed E-state index contributed by atoms with van der Waals surface area (Å²) in [7, 11) is 0. The summed E-state index contributed by atoms with van der Waals surface area (Å²) in [5.41, 5.74) is 8.03. The Labute approximate surface area is 115 Å². The molecule has 1 aromatic heterocycles. The Morgan fingerprint density at radius 1 is 1.28 bits per heavy atom. The first-order valence-electron chi connectivity index (χ1n) is 5.19. The van der Waals surface area contributed by atoms with Gasteiger partial charge in [-0.05, 0) is 29.8 Å². The van der Waals surface area contributed by atoms with Crippen molar-refractivity contribution in [3.8, 4) is 17.2 Å². The highest BCUT2D eigenvalue weighted by atomic mass is 35.5. The molecule has 3 nitrogen and oxygen atoms in total. The molecule has 0 atom stereocenters. The summed E-state index contributed by atoms with van der Waals surface area (Å²) in [6, 6.07) is 8.97. The summed E-state index contributed by atoms with van der Waals surface area (Å²) in [6.45, 7) is 0. The van der Waals surface area contributed by atoms with Crippen LogP contribution in [0.3, 0.4) is 0 Å². The van der Waals surface area contributed by atoms with E-state index in [1.165, 1.54) is 0 Å². The van der Waals surface area contributed by atoms with Crippen LogP contribution in [0, 0.1) is 11.3 Å². The van der Waals surface area contributed by atoms with E-state index >= 15 is 0 Å². The largest absolute Gasteiger partial charge is 0.383 e. The van der Waals surface area contributed by atoms with Crippen molar-refractivity contribution in [3.05, 3.63) is 46.1 Å². The summed E-state index contributed by atoms with van der Waals surface area (Å²) >= 11 is 12.1. The van der Waals surface area contributed by atoms with Crippen molar-refractivity contribution >= 4 is 29.0 Å². The number of nitrogens with zero attached hydrogens (tertiary/aromatic N) is 2. The lowest BCUT2D eigenvalue weighted by Crippen LogP contribution is -1.99. The summed E-state index contributed by atoms with van der Waals surface area (Å²) in [5, 5.41) is 9.92. The number of nitrogen functional groups attached to an aromatic ring is 1. The molecule has 0 aliphatic rings. The van der Waals surface area contributed by atoms with Crippen LogP contribution in [0.1, 0.15) is 5.56 Å². The average molecular weight is 278 g/mol. The predicted octanol–water partition coefficient (Wildman–Crippen LogP) is 3.70. The highest BCUT2D eigenvalue weighted by Gasteiger charge is 2.13. The maximum absolute atomic E-state index is 8.84. The first-order chi connectivity index (χ1) is 8.63. The van der Waals surface area contributed by atoms with Gasteiger partial charge in [0.05, 0.1) is 12.5 Å². The molecule has 0 aliphatic heterocycles. The highest BCUT2D eigenvalue weighted by Crippen LogP contribution is 2.35. The third-order valence-electron chi connectivity index (χ3n) is 2.53. The number of benzene rings is 1. The van der Waals surface area contributed by atoms with Crippen LogP contribution < -0.4 is 5.73 Å². The Morgan fingerprint density at radius 3 is 2.78 bits per heavy atom. The average Bonchev–Trinajstić information content (AvgIpc) is 2.34. The molecule has 1 heterocycles. The Morgan fingerprint density at radius 2 is 2.06 bits per heavy atom. The molecule has 0 unspecified atom stereocenters. The van der Waals surface area contributed by atoms with Crippen molar-refractivity contribution in [2.45, 2.75) is 6.42 Å². The normalized spacial score (nSPS) is 10.1. The standard InChI is InChI=1S/C13H9Cl2N3/c14-9-1-2-11(15)10(7-9)12-8(3-5-16)4-6-18-13(12)17/h1-2,4,6-7H,3H2,(H2,17,18). The number of hydrogen-bond acceptors (Lipinski definition) is 3. The number of rotatable bonds is 2. The van der Waals surface area contributed by atoms with E-state index in [-0.39, 0.29) is 6.42 Å². The van der Waals surface area contributed by atoms with Gasteiger partial charge in [-0.25, -0.2) is 4.98 Å². The monoisotopic (exact) mass is 277 g/mol. The first kappa shape index (κ1) is 12.7. The van der Waals surface area contributed by atoms with E-state index in [9.17, 15) is 0 Å². The van der Waals surface area contributed by atoms with Crippen LogP contribution in [-0.2, 0) is 6.42 Å². The highest BCUT2D eigenvalue weighted by molar-refractivity contribution is 6.35. The van der Waals surface area contributed by atoms with E-state index in [4.69, 9.17) is 34.2 Å². The van der Waals surface area contributed by atoms with Crippen LogP contribution >= 0.6 is 23.2 Å². The van der Waals surface area contributed by atoms with Crippen LogP contribution in [-0.4, -0.2) is 4.98 Å². The van der Waals surface area contributed by atoms with E-state index in [0.29, 0.717) is 27.0 Å². The van der Waals surface area contributed by atoms with Crippen molar-refractivity contribution in [2.75, 3.05) is 5.73 Å². The Balaban J connectivity index is 2.70. The molecule has 0 bridgehead atoms. The molecule has 0 fully saturated rings. The first-order valence-corrected chi connectivity index (χ1v) is 5.95. The van der Waals surface area contributed by atoms with E-state index in [2.05, 4.69) is 11.1 Å². The number of hydrogen-bond donors (Lipinski definition) is 1. The number of pyridine rings is 1. The Bertz CT molecular complexity index is 633. The lowest BCUT2D eigenvalue weighted by Gasteiger charge is -2.11. The molecule has 0 saturated carbocycles. The lowest BCUT2D eigenvalue weighted by molar-refractivity contribution is 1.22. The molecule has 2 N–H and O–H groups in total. The molecule has 0 spiro atoms. The quantitative estimate of drug-likeness (QED) is 0.910. The minimum absolute atomic E-state index is 0.241. The van der Waals surface area contributed by atoms with Crippen LogP contribution in [0.2, 0.25) is 10.0 Å². The Kier molecular flexibility index (Phi) is 3.71. The van der Waals surface area contributed by atoms with Gasteiger partial charge in [0.25, 0.3) is 0 Å². The molecule has 0 amide bonds. The fourth-order valence-electron chi connectivity index (χ4n) is 1.75. The van der Waals surface area contributed by atoms with Gasteiger partial charge in [-0.15, -0.1) is 0 Å². The molecule has 0 radical (unpaired) electrons. The summed E-state index contributed by atoms with van der Waals surface area (Å²) in [6.07, 6.45) is 1.81. The van der Waals surface area contributed by atoms with Crippen molar-refractivity contribution in [2.24, 2.45) is 0 Å². The van der Waals surface area contributed by atoms with Gasteiger partial charge in [0.1, 0.15) is 5.82 Å². The fourth-order valence-corrected chi connectivity index (χ4v) is 2.14. The number of nitrogens with two attached hydrogens (primary N) is 1. The SMILES string of the molecule is N#CCc1ccnc(N)c1-c1cc(Cl)ccc1Cl. The second-order valence-corrected chi connectivity index (χ2v) is 4.53. The molecule has 0 aliphatic carbocycles. The van der Waals surface area contributed by atoms with Gasteiger partial charge in [-0.1, -0.05) is 23.2 Å². The zero-order valence-electron chi connectivity index (χ0n) is 9.32. The van der Waals surface area contributed by atoms with Crippen molar-refractivity contribution < 1.29 is 0 Å². The minimum Gasteiger partial charge on any atom is -0.383 e. The second-order valence-electron chi connectivity index (χ2n) is 3.69. The molecule has 2 aromatic rings. The molecular weight excluding hydrogens is 269 g/mol. The van der Waals surface area contributed by atoms with Gasteiger partial charge in [-0.2, -0.15) is 5.26 Å². The van der Waals surface area contributed by atoms with Gasteiger partial charge in [0, 0.05) is 27.4 Å². The van der Waals surface area contributed by atoms with Crippen LogP contribution in [0.4, 0.5) is 5.82 Å².